The van der Waals surface area contributed by atoms with Crippen LogP contribution in [0.25, 0.3) is 0 Å². The van der Waals surface area contributed by atoms with E-state index in [1.807, 2.05) is 11.0 Å². The average Bonchev–Trinajstić information content (AvgIpc) is 3.10. The number of aromatic carboxylic acids is 1. The molecule has 2 fully saturated rings. The lowest BCUT2D eigenvalue weighted by Crippen LogP contribution is -2.39. The molecule has 0 aromatic heterocycles. The van der Waals surface area contributed by atoms with Crippen LogP contribution in [-0.4, -0.2) is 60.1 Å². The van der Waals surface area contributed by atoms with Crippen LogP contribution in [0.3, 0.4) is 0 Å². The third kappa shape index (κ3) is 4.51. The molecule has 2 aliphatic heterocycles. The van der Waals surface area contributed by atoms with Gasteiger partial charge in [-0.3, -0.25) is 0 Å². The fraction of sp³-hybridized carbons (Fsp3) is 0.579. The lowest BCUT2D eigenvalue weighted by atomic mass is 9.84. The number of amides is 2. The summed E-state index contributed by atoms with van der Waals surface area (Å²) in [5, 5.41) is 12.0. The molecule has 25 heavy (non-hydrogen) atoms. The molecule has 0 saturated carbocycles. The van der Waals surface area contributed by atoms with Crippen molar-refractivity contribution >= 4 is 12.0 Å². The van der Waals surface area contributed by atoms with Crippen molar-refractivity contribution in [2.45, 2.75) is 25.8 Å². The summed E-state index contributed by atoms with van der Waals surface area (Å²) in [5.74, 6) is 0.407. The van der Waals surface area contributed by atoms with E-state index in [1.54, 1.807) is 18.2 Å². The number of piperidine rings is 1. The van der Waals surface area contributed by atoms with Crippen LogP contribution in [0.15, 0.2) is 24.3 Å². The maximum absolute atomic E-state index is 12.4. The van der Waals surface area contributed by atoms with Crippen LogP contribution in [-0.2, 0) is 6.54 Å². The third-order valence-corrected chi connectivity index (χ3v) is 5.56. The maximum Gasteiger partial charge on any atom is 0.335 e. The minimum absolute atomic E-state index is 0.0452. The molecule has 2 amide bonds. The van der Waals surface area contributed by atoms with Crippen LogP contribution < -0.4 is 5.32 Å². The summed E-state index contributed by atoms with van der Waals surface area (Å²) in [5.41, 5.74) is 1.05. The van der Waals surface area contributed by atoms with Gasteiger partial charge in [-0.25, -0.2) is 9.59 Å². The molecular weight excluding hydrogens is 318 g/mol. The highest BCUT2D eigenvalue weighted by atomic mass is 16.4. The number of urea groups is 1. The average molecular weight is 345 g/mol. The second kappa shape index (κ2) is 7.87. The predicted molar refractivity (Wildman–Crippen MR) is 95.5 cm³/mol. The number of hydrogen-bond acceptors (Lipinski definition) is 3. The molecule has 6 nitrogen and oxygen atoms in total. The van der Waals surface area contributed by atoms with Crippen LogP contribution in [0, 0.1) is 11.8 Å². The minimum atomic E-state index is -0.950. The molecular formula is C19H27N3O3. The Morgan fingerprint density at radius 3 is 2.60 bits per heavy atom. The fourth-order valence-electron chi connectivity index (χ4n) is 3.96. The van der Waals surface area contributed by atoms with Gasteiger partial charge in [0.05, 0.1) is 5.56 Å². The summed E-state index contributed by atoms with van der Waals surface area (Å²) in [4.78, 5) is 27.7. The van der Waals surface area contributed by atoms with Crippen molar-refractivity contribution in [3.63, 3.8) is 0 Å². The van der Waals surface area contributed by atoms with Crippen molar-refractivity contribution in [3.05, 3.63) is 35.4 Å². The van der Waals surface area contributed by atoms with Gasteiger partial charge >= 0.3 is 12.0 Å². The summed E-state index contributed by atoms with van der Waals surface area (Å²) in [7, 11) is 2.17. The van der Waals surface area contributed by atoms with Gasteiger partial charge in [0, 0.05) is 19.6 Å². The molecule has 2 aliphatic rings. The number of nitrogens with zero attached hydrogens (tertiary/aromatic N) is 2. The van der Waals surface area contributed by atoms with Gasteiger partial charge in [0.25, 0.3) is 0 Å². The minimum Gasteiger partial charge on any atom is -0.478 e. The molecule has 1 aromatic carbocycles. The Bertz CT molecular complexity index is 626. The van der Waals surface area contributed by atoms with Crippen molar-refractivity contribution in [2.75, 3.05) is 33.2 Å². The van der Waals surface area contributed by atoms with Crippen molar-refractivity contribution in [1.82, 2.24) is 15.1 Å². The van der Waals surface area contributed by atoms with Crippen LogP contribution in [0.1, 0.15) is 35.2 Å². The molecule has 2 saturated heterocycles. The fourth-order valence-corrected chi connectivity index (χ4v) is 3.96. The number of nitrogens with one attached hydrogen (secondary N) is 1. The van der Waals surface area contributed by atoms with Crippen molar-refractivity contribution in [1.29, 1.82) is 0 Å². The molecule has 1 atom stereocenters. The highest BCUT2D eigenvalue weighted by Gasteiger charge is 2.33. The topological polar surface area (TPSA) is 72.9 Å². The van der Waals surface area contributed by atoms with E-state index >= 15 is 0 Å². The highest BCUT2D eigenvalue weighted by molar-refractivity contribution is 5.87. The Balaban J connectivity index is 1.48. The standard InChI is InChI=1S/C19H27N3O3/c1-21-8-5-15(6-9-21)17-7-10-22(13-17)19(25)20-12-14-3-2-4-16(11-14)18(23)24/h2-4,11,15,17H,5-10,12-13H2,1H3,(H,20,25)(H,23,24). The number of carboxylic acid groups (broad SMARTS) is 1. The molecule has 1 unspecified atom stereocenters. The van der Waals surface area contributed by atoms with Crippen LogP contribution in [0.5, 0.6) is 0 Å². The van der Waals surface area contributed by atoms with Gasteiger partial charge in [-0.15, -0.1) is 0 Å². The summed E-state index contributed by atoms with van der Waals surface area (Å²) in [6.45, 7) is 4.34. The first-order valence-corrected chi connectivity index (χ1v) is 9.06. The summed E-state index contributed by atoms with van der Waals surface area (Å²) < 4.78 is 0. The Kier molecular flexibility index (Phi) is 5.58. The Morgan fingerprint density at radius 2 is 1.88 bits per heavy atom. The molecule has 0 spiro atoms. The first-order chi connectivity index (χ1) is 12.0. The van der Waals surface area contributed by atoms with Gasteiger partial charge < -0.3 is 20.2 Å². The van der Waals surface area contributed by atoms with Gasteiger partial charge in [-0.2, -0.15) is 0 Å². The normalized spacial score (nSPS) is 22.1. The number of carbonyl (C=O) groups is 2. The predicted octanol–water partition coefficient (Wildman–Crippen LogP) is 2.26. The van der Waals surface area contributed by atoms with Gasteiger partial charge in [-0.1, -0.05) is 12.1 Å². The number of carboxylic acids is 1. The molecule has 3 rings (SSSR count). The summed E-state index contributed by atoms with van der Waals surface area (Å²) in [6, 6.07) is 6.65. The SMILES string of the molecule is CN1CCC(C2CCN(C(=O)NCc3cccc(C(=O)O)c3)C2)CC1. The molecule has 0 bridgehead atoms. The smallest absolute Gasteiger partial charge is 0.335 e. The van der Waals surface area contributed by atoms with Gasteiger partial charge in [0.15, 0.2) is 0 Å². The molecule has 6 heteroatoms. The van der Waals surface area contributed by atoms with E-state index in [2.05, 4.69) is 17.3 Å². The first-order valence-electron chi connectivity index (χ1n) is 9.06. The quantitative estimate of drug-likeness (QED) is 0.878. The lowest BCUT2D eigenvalue weighted by Gasteiger charge is -2.32. The van der Waals surface area contributed by atoms with Gasteiger partial charge in [0.2, 0.25) is 0 Å². The monoisotopic (exact) mass is 345 g/mol. The molecule has 136 valence electrons. The Hall–Kier alpha value is -2.08. The van der Waals surface area contributed by atoms with E-state index in [0.29, 0.717) is 12.5 Å². The number of benzene rings is 1. The van der Waals surface area contributed by atoms with Crippen molar-refractivity contribution in [2.24, 2.45) is 11.8 Å². The largest absolute Gasteiger partial charge is 0.478 e. The zero-order valence-corrected chi connectivity index (χ0v) is 14.8. The number of rotatable bonds is 4. The molecule has 2 N–H and O–H groups in total. The molecule has 0 radical (unpaired) electrons. The third-order valence-electron chi connectivity index (χ3n) is 5.56. The summed E-state index contributed by atoms with van der Waals surface area (Å²) in [6.07, 6.45) is 3.56. The first kappa shape index (κ1) is 17.7. The molecule has 1 aromatic rings. The van der Waals surface area contributed by atoms with E-state index in [-0.39, 0.29) is 11.6 Å². The van der Waals surface area contributed by atoms with Crippen LogP contribution in [0.2, 0.25) is 0 Å². The lowest BCUT2D eigenvalue weighted by molar-refractivity contribution is 0.0696. The number of carbonyl (C=O) groups excluding carboxylic acids is 1. The van der Waals surface area contributed by atoms with E-state index < -0.39 is 5.97 Å². The zero-order valence-electron chi connectivity index (χ0n) is 14.8. The highest BCUT2D eigenvalue weighted by Crippen LogP contribution is 2.31. The zero-order chi connectivity index (χ0) is 17.8. The molecule has 2 heterocycles. The Labute approximate surface area is 148 Å². The van der Waals surface area contributed by atoms with E-state index in [9.17, 15) is 9.59 Å². The van der Waals surface area contributed by atoms with E-state index in [1.165, 1.54) is 12.8 Å². The number of hydrogen-bond donors (Lipinski definition) is 2. The molecule has 0 aliphatic carbocycles. The van der Waals surface area contributed by atoms with E-state index in [0.717, 1.165) is 44.1 Å². The second-order valence-corrected chi connectivity index (χ2v) is 7.30. The van der Waals surface area contributed by atoms with E-state index in [4.69, 9.17) is 5.11 Å². The maximum atomic E-state index is 12.4. The van der Waals surface area contributed by atoms with Gasteiger partial charge in [-0.05, 0) is 68.9 Å². The van der Waals surface area contributed by atoms with Crippen LogP contribution in [0.4, 0.5) is 4.79 Å². The van der Waals surface area contributed by atoms with Gasteiger partial charge in [0.1, 0.15) is 0 Å². The van der Waals surface area contributed by atoms with Crippen molar-refractivity contribution in [3.8, 4) is 0 Å². The summed E-state index contributed by atoms with van der Waals surface area (Å²) >= 11 is 0. The second-order valence-electron chi connectivity index (χ2n) is 7.30. The number of likely N-dealkylation sites (tertiary alicyclic amines) is 2. The van der Waals surface area contributed by atoms with Crippen LogP contribution >= 0.6 is 0 Å². The Morgan fingerprint density at radius 1 is 1.16 bits per heavy atom. The van der Waals surface area contributed by atoms with Crippen molar-refractivity contribution < 1.29 is 14.7 Å².